The molecule has 1 aromatic heterocycles. The van der Waals surface area contributed by atoms with Gasteiger partial charge in [0.1, 0.15) is 5.82 Å². The van der Waals surface area contributed by atoms with Gasteiger partial charge in [-0.25, -0.2) is 4.39 Å². The first-order chi connectivity index (χ1) is 6.52. The van der Waals surface area contributed by atoms with Gasteiger partial charge >= 0.3 is 5.97 Å². The van der Waals surface area contributed by atoms with Crippen LogP contribution >= 0.6 is 11.3 Å². The van der Waals surface area contributed by atoms with Crippen molar-refractivity contribution in [3.8, 4) is 0 Å². The van der Waals surface area contributed by atoms with E-state index in [0.29, 0.717) is 0 Å². The molecule has 0 bridgehead atoms. The van der Waals surface area contributed by atoms with Gasteiger partial charge in [0.15, 0.2) is 0 Å². The molecule has 78 valence electrons. The molecule has 0 aromatic carbocycles. The number of hydrogen-bond donors (Lipinski definition) is 2. The molecule has 0 amide bonds. The van der Waals surface area contributed by atoms with Crippen molar-refractivity contribution in [3.63, 3.8) is 0 Å². The molecule has 1 rings (SSSR count). The van der Waals surface area contributed by atoms with Gasteiger partial charge in [-0.3, -0.25) is 4.79 Å². The molecule has 0 aliphatic rings. The van der Waals surface area contributed by atoms with Crippen LogP contribution in [0.25, 0.3) is 0 Å². The average Bonchev–Trinajstić information content (AvgIpc) is 2.48. The molecule has 1 aromatic rings. The van der Waals surface area contributed by atoms with E-state index in [4.69, 9.17) is 5.11 Å². The van der Waals surface area contributed by atoms with Gasteiger partial charge in [-0.15, -0.1) is 11.3 Å². The summed E-state index contributed by atoms with van der Waals surface area (Å²) in [6.45, 7) is 1.58. The third-order valence-electron chi connectivity index (χ3n) is 1.95. The number of thiophene rings is 1. The van der Waals surface area contributed by atoms with Gasteiger partial charge in [0.05, 0.1) is 17.4 Å². The number of rotatable bonds is 4. The van der Waals surface area contributed by atoms with E-state index < -0.39 is 23.8 Å². The zero-order valence-corrected chi connectivity index (χ0v) is 8.42. The van der Waals surface area contributed by atoms with Gasteiger partial charge in [-0.05, 0) is 17.4 Å². The molecular weight excluding hydrogens is 207 g/mol. The molecule has 0 radical (unpaired) electrons. The van der Waals surface area contributed by atoms with Crippen molar-refractivity contribution >= 4 is 17.3 Å². The van der Waals surface area contributed by atoms with Crippen molar-refractivity contribution in [2.75, 3.05) is 0 Å². The summed E-state index contributed by atoms with van der Waals surface area (Å²) in [5.74, 6) is -1.95. The van der Waals surface area contributed by atoms with E-state index in [-0.39, 0.29) is 11.3 Å². The van der Waals surface area contributed by atoms with E-state index >= 15 is 0 Å². The Bertz CT molecular complexity index is 324. The summed E-state index contributed by atoms with van der Waals surface area (Å²) in [6, 6.07) is 1.26. The van der Waals surface area contributed by atoms with Gasteiger partial charge in [0.2, 0.25) is 0 Å². The van der Waals surface area contributed by atoms with Crippen LogP contribution in [0.1, 0.15) is 24.3 Å². The highest BCUT2D eigenvalue weighted by atomic mass is 32.1. The Kier molecular flexibility index (Phi) is 3.60. The minimum absolute atomic E-state index is 0.168. The molecule has 0 aliphatic carbocycles. The van der Waals surface area contributed by atoms with Gasteiger partial charge in [-0.1, -0.05) is 6.92 Å². The lowest BCUT2D eigenvalue weighted by Crippen LogP contribution is -2.13. The van der Waals surface area contributed by atoms with E-state index in [9.17, 15) is 14.3 Å². The van der Waals surface area contributed by atoms with Gasteiger partial charge < -0.3 is 10.2 Å². The van der Waals surface area contributed by atoms with Gasteiger partial charge in [-0.2, -0.15) is 0 Å². The van der Waals surface area contributed by atoms with Crippen LogP contribution in [-0.4, -0.2) is 16.2 Å². The molecule has 0 saturated heterocycles. The van der Waals surface area contributed by atoms with Gasteiger partial charge in [0, 0.05) is 0 Å². The smallest absolute Gasteiger partial charge is 0.303 e. The molecule has 14 heavy (non-hydrogen) atoms. The number of halogens is 1. The van der Waals surface area contributed by atoms with E-state index in [1.54, 1.807) is 6.92 Å². The fourth-order valence-electron chi connectivity index (χ4n) is 1.16. The number of carboxylic acid groups (broad SMARTS) is 1. The standard InChI is InChI=1S/C9H11FO3S/c1-5(4-7(11)12)8(13)9-6(10)2-3-14-9/h2-3,5,8,13H,4H2,1H3,(H,11,12). The third kappa shape index (κ3) is 2.52. The van der Waals surface area contributed by atoms with E-state index in [1.807, 2.05) is 0 Å². The lowest BCUT2D eigenvalue weighted by atomic mass is 10.00. The Hall–Kier alpha value is -0.940. The molecule has 5 heteroatoms. The Balaban J connectivity index is 2.70. The Morgan fingerprint density at radius 2 is 2.36 bits per heavy atom. The molecule has 2 N–H and O–H groups in total. The highest BCUT2D eigenvalue weighted by Crippen LogP contribution is 2.30. The second-order valence-electron chi connectivity index (χ2n) is 3.15. The Morgan fingerprint density at radius 3 is 2.79 bits per heavy atom. The molecule has 0 fully saturated rings. The average molecular weight is 218 g/mol. The third-order valence-corrected chi connectivity index (χ3v) is 2.91. The summed E-state index contributed by atoms with van der Waals surface area (Å²) in [6.07, 6.45) is -1.20. The maximum absolute atomic E-state index is 13.0. The Morgan fingerprint density at radius 1 is 1.71 bits per heavy atom. The number of carboxylic acids is 1. The quantitative estimate of drug-likeness (QED) is 0.813. The van der Waals surface area contributed by atoms with Crippen molar-refractivity contribution in [2.45, 2.75) is 19.4 Å². The highest BCUT2D eigenvalue weighted by Gasteiger charge is 2.22. The van der Waals surface area contributed by atoms with Crippen LogP contribution in [0.15, 0.2) is 11.4 Å². The van der Waals surface area contributed by atoms with E-state index in [1.165, 1.54) is 11.4 Å². The van der Waals surface area contributed by atoms with Crippen LogP contribution in [-0.2, 0) is 4.79 Å². The maximum Gasteiger partial charge on any atom is 0.303 e. The monoisotopic (exact) mass is 218 g/mol. The number of aliphatic hydroxyl groups excluding tert-OH is 1. The molecular formula is C9H11FO3S. The minimum Gasteiger partial charge on any atom is -0.481 e. The summed E-state index contributed by atoms with van der Waals surface area (Å²) < 4.78 is 13.0. The summed E-state index contributed by atoms with van der Waals surface area (Å²) >= 11 is 1.10. The molecule has 0 aliphatic heterocycles. The van der Waals surface area contributed by atoms with Crippen molar-refractivity contribution in [3.05, 3.63) is 22.1 Å². The first-order valence-corrected chi connectivity index (χ1v) is 5.03. The fourth-order valence-corrected chi connectivity index (χ4v) is 2.05. The topological polar surface area (TPSA) is 57.5 Å². The normalized spacial score (nSPS) is 15.1. The molecule has 1 heterocycles. The second kappa shape index (κ2) is 4.52. The SMILES string of the molecule is CC(CC(=O)O)C(O)c1sccc1F. The van der Waals surface area contributed by atoms with Crippen LogP contribution in [0.5, 0.6) is 0 Å². The van der Waals surface area contributed by atoms with Crippen LogP contribution in [0.2, 0.25) is 0 Å². The summed E-state index contributed by atoms with van der Waals surface area (Å²) in [5, 5.41) is 19.6. The molecule has 2 unspecified atom stereocenters. The van der Waals surface area contributed by atoms with E-state index in [0.717, 1.165) is 11.3 Å². The van der Waals surface area contributed by atoms with Crippen molar-refractivity contribution in [1.82, 2.24) is 0 Å². The van der Waals surface area contributed by atoms with E-state index in [2.05, 4.69) is 0 Å². The van der Waals surface area contributed by atoms with Crippen molar-refractivity contribution < 1.29 is 19.4 Å². The van der Waals surface area contributed by atoms with Crippen LogP contribution in [0.4, 0.5) is 4.39 Å². The van der Waals surface area contributed by atoms with Crippen molar-refractivity contribution in [2.24, 2.45) is 5.92 Å². The molecule has 0 spiro atoms. The van der Waals surface area contributed by atoms with Crippen LogP contribution in [0.3, 0.4) is 0 Å². The number of hydrogen-bond acceptors (Lipinski definition) is 3. The molecule has 2 atom stereocenters. The molecule has 0 saturated carbocycles. The number of aliphatic hydroxyl groups is 1. The fraction of sp³-hybridized carbons (Fsp3) is 0.444. The predicted molar refractivity (Wildman–Crippen MR) is 50.7 cm³/mol. The van der Waals surface area contributed by atoms with Crippen molar-refractivity contribution in [1.29, 1.82) is 0 Å². The minimum atomic E-state index is -1.04. The summed E-state index contributed by atoms with van der Waals surface area (Å²) in [7, 11) is 0. The zero-order chi connectivity index (χ0) is 10.7. The number of carbonyl (C=O) groups is 1. The lowest BCUT2D eigenvalue weighted by molar-refractivity contribution is -0.139. The first kappa shape index (κ1) is 11.1. The second-order valence-corrected chi connectivity index (χ2v) is 4.10. The predicted octanol–water partition coefficient (Wildman–Crippen LogP) is 2.03. The zero-order valence-electron chi connectivity index (χ0n) is 7.61. The summed E-state index contributed by atoms with van der Waals surface area (Å²) in [4.78, 5) is 10.6. The van der Waals surface area contributed by atoms with Gasteiger partial charge in [0.25, 0.3) is 0 Å². The Labute approximate surface area is 84.8 Å². The van der Waals surface area contributed by atoms with Crippen LogP contribution < -0.4 is 0 Å². The lowest BCUT2D eigenvalue weighted by Gasteiger charge is -2.15. The number of aliphatic carboxylic acids is 1. The van der Waals surface area contributed by atoms with Crippen LogP contribution in [0, 0.1) is 11.7 Å². The first-order valence-electron chi connectivity index (χ1n) is 4.15. The largest absolute Gasteiger partial charge is 0.481 e. The maximum atomic E-state index is 13.0. The highest BCUT2D eigenvalue weighted by molar-refractivity contribution is 7.10. The summed E-state index contributed by atoms with van der Waals surface area (Å²) in [5.41, 5.74) is 0. The molecule has 3 nitrogen and oxygen atoms in total.